The fourth-order valence-electron chi connectivity index (χ4n) is 3.34. The van der Waals surface area contributed by atoms with Crippen LogP contribution in [0.4, 0.5) is 0 Å². The van der Waals surface area contributed by atoms with E-state index in [1.807, 2.05) is 37.3 Å². The summed E-state index contributed by atoms with van der Waals surface area (Å²) >= 11 is 0. The summed E-state index contributed by atoms with van der Waals surface area (Å²) < 4.78 is 12.8. The van der Waals surface area contributed by atoms with Gasteiger partial charge in [0.05, 0.1) is 19.4 Å². The average Bonchev–Trinajstić information content (AvgIpc) is 3.17. The Kier molecular flexibility index (Phi) is 4.92. The molecule has 1 atom stereocenters. The molecule has 2 heterocycles. The standard InChI is InChI=1S/C20H21N5O3/c1-13-22-23-24-25(13)17-7-3-6-16(10-17)20(26)21-11-14-9-15-5-4-8-18(27-2)19(15)28-12-14/h3-8,10,14H,9,11-12H2,1-2H3,(H,21,26). The molecule has 0 fully saturated rings. The van der Waals surface area contributed by atoms with E-state index in [0.717, 1.165) is 29.2 Å². The number of amides is 1. The van der Waals surface area contributed by atoms with Gasteiger partial charge in [0, 0.05) is 18.0 Å². The lowest BCUT2D eigenvalue weighted by atomic mass is 9.96. The number of hydrogen-bond acceptors (Lipinski definition) is 6. The summed E-state index contributed by atoms with van der Waals surface area (Å²) in [5.41, 5.74) is 2.41. The molecule has 0 saturated heterocycles. The van der Waals surface area contributed by atoms with Crippen molar-refractivity contribution in [1.29, 1.82) is 0 Å². The van der Waals surface area contributed by atoms with E-state index >= 15 is 0 Å². The van der Waals surface area contributed by atoms with Crippen LogP contribution in [0.25, 0.3) is 5.69 Å². The maximum Gasteiger partial charge on any atom is 0.251 e. The molecular weight excluding hydrogens is 358 g/mol. The Hall–Kier alpha value is -3.42. The molecule has 3 aromatic rings. The number of aromatic nitrogens is 4. The van der Waals surface area contributed by atoms with Gasteiger partial charge in [0.15, 0.2) is 17.3 Å². The van der Waals surface area contributed by atoms with Crippen molar-refractivity contribution in [2.45, 2.75) is 13.3 Å². The van der Waals surface area contributed by atoms with Gasteiger partial charge in [-0.05, 0) is 53.6 Å². The van der Waals surface area contributed by atoms with Crippen molar-refractivity contribution < 1.29 is 14.3 Å². The van der Waals surface area contributed by atoms with Gasteiger partial charge < -0.3 is 14.8 Å². The van der Waals surface area contributed by atoms with Crippen molar-refractivity contribution in [1.82, 2.24) is 25.5 Å². The highest BCUT2D eigenvalue weighted by atomic mass is 16.5. The maximum absolute atomic E-state index is 12.6. The van der Waals surface area contributed by atoms with Crippen molar-refractivity contribution in [3.05, 3.63) is 59.4 Å². The molecule has 1 aliphatic rings. The Morgan fingerprint density at radius 1 is 1.32 bits per heavy atom. The van der Waals surface area contributed by atoms with Crippen LogP contribution in [-0.4, -0.2) is 46.4 Å². The van der Waals surface area contributed by atoms with Crippen molar-refractivity contribution in [2.24, 2.45) is 5.92 Å². The third kappa shape index (κ3) is 3.53. The Labute approximate surface area is 162 Å². The SMILES string of the molecule is COc1cccc2c1OCC(CNC(=O)c1cccc(-n3nnnc3C)c1)C2. The predicted molar refractivity (Wildman–Crippen MR) is 102 cm³/mol. The normalized spacial score (nSPS) is 15.4. The summed E-state index contributed by atoms with van der Waals surface area (Å²) in [6.45, 7) is 2.88. The summed E-state index contributed by atoms with van der Waals surface area (Å²) in [5, 5.41) is 14.5. The summed E-state index contributed by atoms with van der Waals surface area (Å²) in [7, 11) is 1.64. The molecular formula is C20H21N5O3. The molecule has 144 valence electrons. The Balaban J connectivity index is 1.41. The molecule has 0 radical (unpaired) electrons. The molecule has 0 saturated carbocycles. The number of rotatable bonds is 5. The van der Waals surface area contributed by atoms with Crippen molar-refractivity contribution >= 4 is 5.91 Å². The van der Waals surface area contributed by atoms with Crippen LogP contribution in [0.2, 0.25) is 0 Å². The van der Waals surface area contributed by atoms with Crippen LogP contribution in [0.15, 0.2) is 42.5 Å². The zero-order chi connectivity index (χ0) is 19.5. The first-order valence-electron chi connectivity index (χ1n) is 9.08. The molecule has 28 heavy (non-hydrogen) atoms. The van der Waals surface area contributed by atoms with Crippen LogP contribution in [0, 0.1) is 12.8 Å². The van der Waals surface area contributed by atoms with E-state index in [2.05, 4.69) is 20.8 Å². The largest absolute Gasteiger partial charge is 0.493 e. The lowest BCUT2D eigenvalue weighted by Gasteiger charge is -2.26. The zero-order valence-electron chi connectivity index (χ0n) is 15.8. The van der Waals surface area contributed by atoms with E-state index in [0.29, 0.717) is 24.5 Å². The first kappa shape index (κ1) is 18.0. The van der Waals surface area contributed by atoms with Gasteiger partial charge in [-0.3, -0.25) is 4.79 Å². The topological polar surface area (TPSA) is 91.2 Å². The van der Waals surface area contributed by atoms with Gasteiger partial charge in [0.1, 0.15) is 0 Å². The van der Waals surface area contributed by atoms with Gasteiger partial charge >= 0.3 is 0 Å². The first-order chi connectivity index (χ1) is 13.7. The molecule has 0 aliphatic carbocycles. The van der Waals surface area contributed by atoms with Crippen LogP contribution in [-0.2, 0) is 6.42 Å². The molecule has 1 N–H and O–H groups in total. The maximum atomic E-state index is 12.6. The number of carbonyl (C=O) groups is 1. The number of nitrogens with one attached hydrogen (secondary N) is 1. The molecule has 1 amide bonds. The highest BCUT2D eigenvalue weighted by Crippen LogP contribution is 2.35. The summed E-state index contributed by atoms with van der Waals surface area (Å²) in [6.07, 6.45) is 0.830. The second-order valence-corrected chi connectivity index (χ2v) is 6.73. The molecule has 1 aliphatic heterocycles. The lowest BCUT2D eigenvalue weighted by molar-refractivity contribution is 0.0938. The first-order valence-corrected chi connectivity index (χ1v) is 9.08. The van der Waals surface area contributed by atoms with Gasteiger partial charge in [-0.25, -0.2) is 0 Å². The summed E-state index contributed by atoms with van der Waals surface area (Å²) in [4.78, 5) is 12.6. The molecule has 0 bridgehead atoms. The number of ether oxygens (including phenoxy) is 2. The molecule has 4 rings (SSSR count). The number of carbonyl (C=O) groups excluding carboxylic acids is 1. The number of benzene rings is 2. The fourth-order valence-corrected chi connectivity index (χ4v) is 3.34. The van der Waals surface area contributed by atoms with Gasteiger partial charge in [-0.15, -0.1) is 5.10 Å². The monoisotopic (exact) mass is 379 g/mol. The number of aryl methyl sites for hydroxylation is 1. The number of hydrogen-bond donors (Lipinski definition) is 1. The van der Waals surface area contributed by atoms with E-state index in [1.54, 1.807) is 23.9 Å². The van der Waals surface area contributed by atoms with Crippen LogP contribution in [0.5, 0.6) is 11.5 Å². The van der Waals surface area contributed by atoms with Crippen molar-refractivity contribution in [3.63, 3.8) is 0 Å². The molecule has 8 heteroatoms. The van der Waals surface area contributed by atoms with Gasteiger partial charge in [0.25, 0.3) is 5.91 Å². The van der Waals surface area contributed by atoms with E-state index in [1.165, 1.54) is 0 Å². The quantitative estimate of drug-likeness (QED) is 0.729. The van der Waals surface area contributed by atoms with Crippen LogP contribution in [0.1, 0.15) is 21.7 Å². The smallest absolute Gasteiger partial charge is 0.251 e. The van der Waals surface area contributed by atoms with E-state index in [-0.39, 0.29) is 11.8 Å². The van der Waals surface area contributed by atoms with Gasteiger partial charge in [0.2, 0.25) is 0 Å². The molecule has 0 spiro atoms. The zero-order valence-corrected chi connectivity index (χ0v) is 15.8. The number of para-hydroxylation sites is 1. The van der Waals surface area contributed by atoms with Crippen molar-refractivity contribution in [3.8, 4) is 17.2 Å². The highest BCUT2D eigenvalue weighted by molar-refractivity contribution is 5.94. The van der Waals surface area contributed by atoms with Crippen LogP contribution < -0.4 is 14.8 Å². The second-order valence-electron chi connectivity index (χ2n) is 6.73. The second kappa shape index (κ2) is 7.67. The number of tetrazole rings is 1. The number of nitrogens with zero attached hydrogens (tertiary/aromatic N) is 4. The van der Waals surface area contributed by atoms with Gasteiger partial charge in [-0.1, -0.05) is 18.2 Å². The Bertz CT molecular complexity index is 1000. The molecule has 1 unspecified atom stereocenters. The fraction of sp³-hybridized carbons (Fsp3) is 0.300. The van der Waals surface area contributed by atoms with E-state index in [4.69, 9.17) is 9.47 Å². The Morgan fingerprint density at radius 2 is 2.18 bits per heavy atom. The molecule has 2 aromatic carbocycles. The van der Waals surface area contributed by atoms with Crippen molar-refractivity contribution in [2.75, 3.05) is 20.3 Å². The minimum Gasteiger partial charge on any atom is -0.493 e. The van der Waals surface area contributed by atoms with Gasteiger partial charge in [-0.2, -0.15) is 4.68 Å². The third-order valence-electron chi connectivity index (χ3n) is 4.78. The van der Waals surface area contributed by atoms with Crippen LogP contribution >= 0.6 is 0 Å². The highest BCUT2D eigenvalue weighted by Gasteiger charge is 2.23. The minimum absolute atomic E-state index is 0.135. The van der Waals surface area contributed by atoms with E-state index < -0.39 is 0 Å². The number of methoxy groups -OCH3 is 1. The molecule has 1 aromatic heterocycles. The lowest BCUT2D eigenvalue weighted by Crippen LogP contribution is -2.34. The number of fused-ring (bicyclic) bond motifs is 1. The average molecular weight is 379 g/mol. The minimum atomic E-state index is -0.135. The molecule has 8 nitrogen and oxygen atoms in total. The third-order valence-corrected chi connectivity index (χ3v) is 4.78. The summed E-state index contributed by atoms with van der Waals surface area (Å²) in [5.74, 6) is 2.27. The Morgan fingerprint density at radius 3 is 2.96 bits per heavy atom. The van der Waals surface area contributed by atoms with Crippen LogP contribution in [0.3, 0.4) is 0 Å². The van der Waals surface area contributed by atoms with E-state index in [9.17, 15) is 4.79 Å². The summed E-state index contributed by atoms with van der Waals surface area (Å²) in [6, 6.07) is 13.1. The predicted octanol–water partition coefficient (Wildman–Crippen LogP) is 1.96.